The Kier molecular flexibility index (Phi) is 7.85. The number of hydrogen-bond donors (Lipinski definition) is 2. The van der Waals surface area contributed by atoms with Crippen molar-refractivity contribution in [3.63, 3.8) is 0 Å². The molecule has 0 bridgehead atoms. The molecule has 2 heterocycles. The zero-order valence-corrected chi connectivity index (χ0v) is 20.0. The maximum Gasteiger partial charge on any atom is 0.338 e. The van der Waals surface area contributed by atoms with E-state index in [0.717, 1.165) is 16.9 Å². The molecule has 0 aliphatic rings. The molecular formula is C23H19N5O5S2. The first-order valence-corrected chi connectivity index (χ1v) is 12.2. The first kappa shape index (κ1) is 24.1. The van der Waals surface area contributed by atoms with Crippen molar-refractivity contribution in [2.45, 2.75) is 11.3 Å². The SMILES string of the molecule is CCOC(=O)c1ccc(NC(=O)CSc2nnc(NC(=O)c3cc(-c4ccccc4)on3)s2)cc1. The van der Waals surface area contributed by atoms with E-state index in [1.54, 1.807) is 37.3 Å². The molecule has 35 heavy (non-hydrogen) atoms. The van der Waals surface area contributed by atoms with Gasteiger partial charge in [-0.15, -0.1) is 10.2 Å². The van der Waals surface area contributed by atoms with E-state index < -0.39 is 11.9 Å². The molecule has 0 aliphatic carbocycles. The molecule has 2 aromatic carbocycles. The van der Waals surface area contributed by atoms with E-state index in [4.69, 9.17) is 9.26 Å². The maximum atomic E-state index is 12.4. The lowest BCUT2D eigenvalue weighted by atomic mass is 10.1. The van der Waals surface area contributed by atoms with Crippen LogP contribution < -0.4 is 10.6 Å². The van der Waals surface area contributed by atoms with E-state index >= 15 is 0 Å². The highest BCUT2D eigenvalue weighted by Gasteiger charge is 2.16. The molecule has 0 fully saturated rings. The fourth-order valence-corrected chi connectivity index (χ4v) is 4.38. The fraction of sp³-hybridized carbons (Fsp3) is 0.130. The monoisotopic (exact) mass is 509 g/mol. The van der Waals surface area contributed by atoms with Gasteiger partial charge in [-0.1, -0.05) is 58.6 Å². The van der Waals surface area contributed by atoms with Crippen LogP contribution in [0, 0.1) is 0 Å². The zero-order chi connectivity index (χ0) is 24.6. The van der Waals surface area contributed by atoms with Crippen LogP contribution in [-0.4, -0.2) is 45.5 Å². The maximum absolute atomic E-state index is 12.4. The second-order valence-electron chi connectivity index (χ2n) is 6.90. The Bertz CT molecular complexity index is 1320. The van der Waals surface area contributed by atoms with Gasteiger partial charge < -0.3 is 14.6 Å². The van der Waals surface area contributed by atoms with Crippen molar-refractivity contribution < 1.29 is 23.6 Å². The predicted octanol–water partition coefficient (Wildman–Crippen LogP) is 4.35. The molecule has 0 aliphatic heterocycles. The van der Waals surface area contributed by atoms with Crippen LogP contribution >= 0.6 is 23.1 Å². The third-order valence-corrected chi connectivity index (χ3v) is 6.41. The first-order chi connectivity index (χ1) is 17.0. The van der Waals surface area contributed by atoms with E-state index in [2.05, 4.69) is 26.0 Å². The third-order valence-electron chi connectivity index (χ3n) is 4.43. The van der Waals surface area contributed by atoms with Crippen LogP contribution in [0.4, 0.5) is 10.8 Å². The number of ether oxygens (including phenoxy) is 1. The van der Waals surface area contributed by atoms with Crippen LogP contribution in [-0.2, 0) is 9.53 Å². The summed E-state index contributed by atoms with van der Waals surface area (Å²) in [4.78, 5) is 36.4. The number of anilines is 2. The van der Waals surface area contributed by atoms with Gasteiger partial charge in [0.25, 0.3) is 5.91 Å². The Labute approximate surface area is 208 Å². The minimum absolute atomic E-state index is 0.0892. The molecular weight excluding hydrogens is 490 g/mol. The number of benzene rings is 2. The summed E-state index contributed by atoms with van der Waals surface area (Å²) in [5, 5.41) is 17.4. The van der Waals surface area contributed by atoms with Gasteiger partial charge in [-0.2, -0.15) is 0 Å². The van der Waals surface area contributed by atoms with Gasteiger partial charge in [-0.3, -0.25) is 14.9 Å². The summed E-state index contributed by atoms with van der Waals surface area (Å²) in [6.07, 6.45) is 0. The largest absolute Gasteiger partial charge is 0.462 e. The molecule has 0 atom stereocenters. The first-order valence-electron chi connectivity index (χ1n) is 10.4. The van der Waals surface area contributed by atoms with Gasteiger partial charge in [0, 0.05) is 17.3 Å². The Hall–Kier alpha value is -4.03. The highest BCUT2D eigenvalue weighted by molar-refractivity contribution is 8.01. The Morgan fingerprint density at radius 3 is 2.54 bits per heavy atom. The summed E-state index contributed by atoms with van der Waals surface area (Å²) in [5.41, 5.74) is 1.88. The Morgan fingerprint density at radius 2 is 1.80 bits per heavy atom. The summed E-state index contributed by atoms with van der Waals surface area (Å²) in [6.45, 7) is 2.03. The number of carbonyl (C=O) groups excluding carboxylic acids is 3. The lowest BCUT2D eigenvalue weighted by Gasteiger charge is -2.05. The molecule has 4 aromatic rings. The molecule has 4 rings (SSSR count). The lowest BCUT2D eigenvalue weighted by Crippen LogP contribution is -2.14. The average Bonchev–Trinajstić information content (AvgIpc) is 3.54. The standard InChI is InChI=1S/C23H19N5O5S2/c1-2-32-21(31)15-8-10-16(11-9-15)24-19(29)13-34-23-27-26-22(35-23)25-20(30)17-12-18(33-28-17)14-6-4-3-5-7-14/h3-12H,2,13H2,1H3,(H,24,29)(H,25,26,30). The van der Waals surface area contributed by atoms with Gasteiger partial charge in [0.1, 0.15) is 0 Å². The molecule has 10 nitrogen and oxygen atoms in total. The van der Waals surface area contributed by atoms with Gasteiger partial charge in [-0.05, 0) is 31.2 Å². The van der Waals surface area contributed by atoms with Crippen LogP contribution in [0.15, 0.2) is 69.5 Å². The summed E-state index contributed by atoms with van der Waals surface area (Å²) in [5.74, 6) is -0.583. The normalized spacial score (nSPS) is 10.5. The van der Waals surface area contributed by atoms with Crippen molar-refractivity contribution in [2.75, 3.05) is 23.0 Å². The Balaban J connectivity index is 1.26. The van der Waals surface area contributed by atoms with E-state index in [1.165, 1.54) is 11.8 Å². The number of rotatable bonds is 9. The quantitative estimate of drug-likeness (QED) is 0.192. The van der Waals surface area contributed by atoms with Crippen LogP contribution in [0.25, 0.3) is 11.3 Å². The van der Waals surface area contributed by atoms with E-state index in [0.29, 0.717) is 28.0 Å². The number of hydrogen-bond acceptors (Lipinski definition) is 10. The van der Waals surface area contributed by atoms with E-state index in [9.17, 15) is 14.4 Å². The molecule has 2 amide bonds. The number of aromatic nitrogens is 3. The topological polar surface area (TPSA) is 136 Å². The number of carbonyl (C=O) groups is 3. The van der Waals surface area contributed by atoms with Gasteiger partial charge in [0.15, 0.2) is 15.8 Å². The lowest BCUT2D eigenvalue weighted by molar-refractivity contribution is -0.113. The highest BCUT2D eigenvalue weighted by Crippen LogP contribution is 2.26. The Morgan fingerprint density at radius 1 is 1.03 bits per heavy atom. The van der Waals surface area contributed by atoms with Gasteiger partial charge in [-0.25, -0.2) is 4.79 Å². The van der Waals surface area contributed by atoms with Gasteiger partial charge in [0.05, 0.1) is 17.9 Å². The van der Waals surface area contributed by atoms with Crippen molar-refractivity contribution >= 4 is 51.7 Å². The molecule has 12 heteroatoms. The van der Waals surface area contributed by atoms with Crippen LogP contribution in [0.1, 0.15) is 27.8 Å². The zero-order valence-electron chi connectivity index (χ0n) is 18.4. The molecule has 0 unspecified atom stereocenters. The molecule has 0 radical (unpaired) electrons. The summed E-state index contributed by atoms with van der Waals surface area (Å²) < 4.78 is 10.7. The van der Waals surface area contributed by atoms with Crippen LogP contribution in [0.3, 0.4) is 0 Å². The number of nitrogens with zero attached hydrogens (tertiary/aromatic N) is 3. The van der Waals surface area contributed by atoms with Gasteiger partial charge >= 0.3 is 5.97 Å². The molecule has 178 valence electrons. The minimum atomic E-state index is -0.479. The summed E-state index contributed by atoms with van der Waals surface area (Å²) in [7, 11) is 0. The molecule has 0 spiro atoms. The second-order valence-corrected chi connectivity index (χ2v) is 9.10. The summed E-state index contributed by atoms with van der Waals surface area (Å²) >= 11 is 2.32. The average molecular weight is 510 g/mol. The van der Waals surface area contributed by atoms with Crippen LogP contribution in [0.2, 0.25) is 0 Å². The molecule has 2 N–H and O–H groups in total. The van der Waals surface area contributed by atoms with E-state index in [1.807, 2.05) is 30.3 Å². The van der Waals surface area contributed by atoms with E-state index in [-0.39, 0.29) is 22.5 Å². The number of thioether (sulfide) groups is 1. The molecule has 2 aromatic heterocycles. The smallest absolute Gasteiger partial charge is 0.338 e. The van der Waals surface area contributed by atoms with Gasteiger partial charge in [0.2, 0.25) is 11.0 Å². The fourth-order valence-electron chi connectivity index (χ4n) is 2.83. The third kappa shape index (κ3) is 6.52. The second kappa shape index (κ2) is 11.4. The van der Waals surface area contributed by atoms with Crippen molar-refractivity contribution in [2.24, 2.45) is 0 Å². The summed E-state index contributed by atoms with van der Waals surface area (Å²) in [6, 6.07) is 17.3. The van der Waals surface area contributed by atoms with Crippen molar-refractivity contribution in [3.8, 4) is 11.3 Å². The van der Waals surface area contributed by atoms with Crippen molar-refractivity contribution in [1.29, 1.82) is 0 Å². The molecule has 0 saturated carbocycles. The predicted molar refractivity (Wildman–Crippen MR) is 132 cm³/mol. The highest BCUT2D eigenvalue weighted by atomic mass is 32.2. The van der Waals surface area contributed by atoms with Crippen LogP contribution in [0.5, 0.6) is 0 Å². The minimum Gasteiger partial charge on any atom is -0.462 e. The number of amides is 2. The van der Waals surface area contributed by atoms with Crippen molar-refractivity contribution in [1.82, 2.24) is 15.4 Å². The van der Waals surface area contributed by atoms with Crippen molar-refractivity contribution in [3.05, 3.63) is 71.9 Å². The number of nitrogens with one attached hydrogen (secondary N) is 2. The number of esters is 1. The molecule has 0 saturated heterocycles.